The highest BCUT2D eigenvalue weighted by Gasteiger charge is 2.40. The molecular formula is C29H41N7O. The van der Waals surface area contributed by atoms with Crippen LogP contribution in [-0.2, 0) is 19.6 Å². The summed E-state index contributed by atoms with van der Waals surface area (Å²) in [6.07, 6.45) is 10.9. The quantitative estimate of drug-likeness (QED) is 0.479. The number of rotatable bonds is 8. The minimum Gasteiger partial charge on any atom is -0.347 e. The number of piperidine rings is 1. The molecule has 1 spiro atoms. The summed E-state index contributed by atoms with van der Waals surface area (Å²) in [6, 6.07) is 8.15. The molecule has 2 fully saturated rings. The standard InChI is InChI=1S/C29H41N7O/c1-28(2,3)21-34-15-8-29(9-16-34)10-17-35(22-29)18-23-4-6-24(7-5-23)27(37)36(19-25-30-11-12-31-25)20-26-32-13-14-33-26/h4-7,11-14H,8-10,15-22H2,1-3H3,(H,30,31)(H,32,33). The zero-order chi connectivity index (χ0) is 25.9. The lowest BCUT2D eigenvalue weighted by molar-refractivity contribution is 0.0721. The van der Waals surface area contributed by atoms with Gasteiger partial charge in [0.1, 0.15) is 11.6 Å². The predicted octanol–water partition coefficient (Wildman–Crippen LogP) is 4.31. The van der Waals surface area contributed by atoms with Gasteiger partial charge in [-0.25, -0.2) is 9.97 Å². The Morgan fingerprint density at radius 2 is 1.49 bits per heavy atom. The van der Waals surface area contributed by atoms with E-state index in [1.54, 1.807) is 29.7 Å². The molecule has 2 aliphatic rings. The van der Waals surface area contributed by atoms with Crippen LogP contribution in [0.1, 0.15) is 67.6 Å². The van der Waals surface area contributed by atoms with Gasteiger partial charge in [0.15, 0.2) is 0 Å². The molecule has 0 radical (unpaired) electrons. The van der Waals surface area contributed by atoms with Gasteiger partial charge in [0, 0.05) is 50.0 Å². The van der Waals surface area contributed by atoms with Gasteiger partial charge in [-0.2, -0.15) is 0 Å². The summed E-state index contributed by atoms with van der Waals surface area (Å²) in [4.78, 5) is 35.2. The fraction of sp³-hybridized carbons (Fsp3) is 0.552. The molecular weight excluding hydrogens is 462 g/mol. The van der Waals surface area contributed by atoms with Crippen LogP contribution < -0.4 is 0 Å². The number of likely N-dealkylation sites (tertiary alicyclic amines) is 2. The van der Waals surface area contributed by atoms with Gasteiger partial charge in [-0.1, -0.05) is 32.9 Å². The first-order chi connectivity index (χ1) is 17.8. The number of H-pyrrole nitrogens is 2. The van der Waals surface area contributed by atoms with Crippen molar-refractivity contribution in [1.82, 2.24) is 34.6 Å². The highest BCUT2D eigenvalue weighted by molar-refractivity contribution is 5.94. The molecule has 0 saturated carbocycles. The van der Waals surface area contributed by atoms with E-state index in [0.717, 1.165) is 18.2 Å². The first kappa shape index (κ1) is 25.7. The van der Waals surface area contributed by atoms with Crippen LogP contribution in [0.3, 0.4) is 0 Å². The molecule has 0 unspecified atom stereocenters. The number of imidazole rings is 2. The van der Waals surface area contributed by atoms with Crippen LogP contribution >= 0.6 is 0 Å². The summed E-state index contributed by atoms with van der Waals surface area (Å²) in [5.74, 6) is 1.48. The Morgan fingerprint density at radius 1 is 0.919 bits per heavy atom. The van der Waals surface area contributed by atoms with Crippen molar-refractivity contribution in [1.29, 1.82) is 0 Å². The van der Waals surface area contributed by atoms with E-state index in [0.29, 0.717) is 29.5 Å². The third-order valence-electron chi connectivity index (χ3n) is 7.82. The molecule has 1 amide bonds. The predicted molar refractivity (Wildman–Crippen MR) is 145 cm³/mol. The Hall–Kier alpha value is -2.97. The maximum absolute atomic E-state index is 13.4. The van der Waals surface area contributed by atoms with E-state index in [1.165, 1.54) is 57.5 Å². The number of hydrogen-bond acceptors (Lipinski definition) is 5. The van der Waals surface area contributed by atoms with E-state index in [1.807, 2.05) is 12.1 Å². The molecule has 5 rings (SSSR count). The van der Waals surface area contributed by atoms with Crippen molar-refractivity contribution < 1.29 is 4.79 Å². The van der Waals surface area contributed by atoms with Crippen molar-refractivity contribution in [3.8, 4) is 0 Å². The van der Waals surface area contributed by atoms with Crippen molar-refractivity contribution >= 4 is 5.91 Å². The molecule has 0 bridgehead atoms. The fourth-order valence-corrected chi connectivity index (χ4v) is 5.95. The van der Waals surface area contributed by atoms with E-state index in [9.17, 15) is 4.79 Å². The highest BCUT2D eigenvalue weighted by atomic mass is 16.2. The lowest BCUT2D eigenvalue weighted by Gasteiger charge is -2.41. The van der Waals surface area contributed by atoms with Crippen molar-refractivity contribution in [2.24, 2.45) is 10.8 Å². The Kier molecular flexibility index (Phi) is 7.49. The molecule has 2 aliphatic heterocycles. The largest absolute Gasteiger partial charge is 0.347 e. The van der Waals surface area contributed by atoms with Gasteiger partial charge >= 0.3 is 0 Å². The molecule has 0 atom stereocenters. The third-order valence-corrected chi connectivity index (χ3v) is 7.82. The normalized spacial score (nSPS) is 18.5. The highest BCUT2D eigenvalue weighted by Crippen LogP contribution is 2.41. The average molecular weight is 504 g/mol. The second kappa shape index (κ2) is 10.8. The number of benzene rings is 1. The molecule has 8 heteroatoms. The summed E-state index contributed by atoms with van der Waals surface area (Å²) in [5.41, 5.74) is 2.81. The Labute approximate surface area is 220 Å². The van der Waals surface area contributed by atoms with E-state index >= 15 is 0 Å². The topological polar surface area (TPSA) is 84.2 Å². The number of carbonyl (C=O) groups is 1. The van der Waals surface area contributed by atoms with E-state index < -0.39 is 0 Å². The molecule has 37 heavy (non-hydrogen) atoms. The van der Waals surface area contributed by atoms with Crippen molar-refractivity contribution in [2.45, 2.75) is 59.7 Å². The monoisotopic (exact) mass is 503 g/mol. The van der Waals surface area contributed by atoms with Crippen LogP contribution in [0.4, 0.5) is 0 Å². The summed E-state index contributed by atoms with van der Waals surface area (Å²) in [5, 5.41) is 0. The first-order valence-electron chi connectivity index (χ1n) is 13.6. The third kappa shape index (κ3) is 6.67. The number of amides is 1. The van der Waals surface area contributed by atoms with Crippen molar-refractivity contribution in [2.75, 3.05) is 32.7 Å². The number of aromatic amines is 2. The fourth-order valence-electron chi connectivity index (χ4n) is 5.95. The van der Waals surface area contributed by atoms with E-state index in [-0.39, 0.29) is 5.91 Å². The Morgan fingerprint density at radius 3 is 2.00 bits per heavy atom. The van der Waals surface area contributed by atoms with Gasteiger partial charge in [0.05, 0.1) is 13.1 Å². The second-order valence-electron chi connectivity index (χ2n) is 12.2. The van der Waals surface area contributed by atoms with Crippen LogP contribution in [0.5, 0.6) is 0 Å². The second-order valence-corrected chi connectivity index (χ2v) is 12.2. The molecule has 0 aliphatic carbocycles. The smallest absolute Gasteiger partial charge is 0.254 e. The number of carbonyl (C=O) groups excluding carboxylic acids is 1. The number of nitrogens with one attached hydrogen (secondary N) is 2. The number of aromatic nitrogens is 4. The molecule has 2 aromatic heterocycles. The van der Waals surface area contributed by atoms with Gasteiger partial charge in [0.2, 0.25) is 0 Å². The maximum Gasteiger partial charge on any atom is 0.254 e. The molecule has 8 nitrogen and oxygen atoms in total. The summed E-state index contributed by atoms with van der Waals surface area (Å²) in [7, 11) is 0. The zero-order valence-electron chi connectivity index (χ0n) is 22.5. The molecule has 3 aromatic rings. The van der Waals surface area contributed by atoms with Gasteiger partial charge in [0.25, 0.3) is 5.91 Å². The van der Waals surface area contributed by atoms with E-state index in [4.69, 9.17) is 0 Å². The lowest BCUT2D eigenvalue weighted by Crippen LogP contribution is -2.44. The molecule has 1 aromatic carbocycles. The zero-order valence-corrected chi connectivity index (χ0v) is 22.5. The van der Waals surface area contributed by atoms with Gasteiger partial charge in [-0.05, 0) is 67.4 Å². The first-order valence-corrected chi connectivity index (χ1v) is 13.6. The SMILES string of the molecule is CC(C)(C)CN1CCC2(CC1)CCN(Cc1ccc(C(=O)N(Cc3ncc[nH]3)Cc3ncc[nH]3)cc1)C2. The van der Waals surface area contributed by atoms with Crippen LogP contribution in [0.25, 0.3) is 0 Å². The molecule has 4 heterocycles. The van der Waals surface area contributed by atoms with Gasteiger partial charge in [-0.3, -0.25) is 9.69 Å². The van der Waals surface area contributed by atoms with Crippen molar-refractivity contribution in [3.05, 3.63) is 71.8 Å². The van der Waals surface area contributed by atoms with Crippen LogP contribution in [0, 0.1) is 10.8 Å². The molecule has 2 N–H and O–H groups in total. The van der Waals surface area contributed by atoms with Gasteiger partial charge < -0.3 is 19.8 Å². The van der Waals surface area contributed by atoms with Crippen LogP contribution in [-0.4, -0.2) is 73.3 Å². The van der Waals surface area contributed by atoms with E-state index in [2.05, 4.69) is 62.6 Å². The minimum absolute atomic E-state index is 0.0264. The molecule has 198 valence electrons. The van der Waals surface area contributed by atoms with Gasteiger partial charge in [-0.15, -0.1) is 0 Å². The summed E-state index contributed by atoms with van der Waals surface area (Å²) >= 11 is 0. The number of hydrogen-bond donors (Lipinski definition) is 2. The average Bonchev–Trinajstić information content (AvgIpc) is 3.64. The minimum atomic E-state index is -0.0264. The Bertz CT molecular complexity index is 1090. The van der Waals surface area contributed by atoms with Crippen molar-refractivity contribution in [3.63, 3.8) is 0 Å². The lowest BCUT2D eigenvalue weighted by atomic mass is 9.77. The molecule has 2 saturated heterocycles. The number of nitrogens with zero attached hydrogens (tertiary/aromatic N) is 5. The Balaban J connectivity index is 1.17. The maximum atomic E-state index is 13.4. The summed E-state index contributed by atoms with van der Waals surface area (Å²) in [6.45, 7) is 14.8. The summed E-state index contributed by atoms with van der Waals surface area (Å²) < 4.78 is 0. The van der Waals surface area contributed by atoms with Crippen LogP contribution in [0.2, 0.25) is 0 Å². The van der Waals surface area contributed by atoms with Crippen LogP contribution in [0.15, 0.2) is 49.1 Å².